The number of carbonyl (C=O) groups excluding carboxylic acids is 1. The minimum absolute atomic E-state index is 0.0107. The van der Waals surface area contributed by atoms with Gasteiger partial charge in [-0.3, -0.25) is 4.79 Å². The second-order valence-corrected chi connectivity index (χ2v) is 5.47. The minimum Gasteiger partial charge on any atom is -0.394 e. The number of aliphatic hydroxyl groups is 2. The first-order valence-corrected chi connectivity index (χ1v) is 6.94. The fourth-order valence-corrected chi connectivity index (χ4v) is 1.30. The molecule has 0 bridgehead atoms. The summed E-state index contributed by atoms with van der Waals surface area (Å²) in [6.07, 6.45) is 1.55. The van der Waals surface area contributed by atoms with Gasteiger partial charge in [0.1, 0.15) is 5.69 Å². The first-order valence-electron chi connectivity index (χ1n) is 6.94. The normalized spacial score (nSPS) is 12.2. The van der Waals surface area contributed by atoms with Crippen molar-refractivity contribution in [1.82, 2.24) is 10.3 Å². The first-order chi connectivity index (χ1) is 9.88. The number of carbonyl (C=O) groups is 1. The number of hydrogen-bond donors (Lipinski definition) is 3. The van der Waals surface area contributed by atoms with Crippen molar-refractivity contribution in [2.24, 2.45) is 5.41 Å². The van der Waals surface area contributed by atoms with E-state index in [0.717, 1.165) is 12.0 Å². The molecule has 3 N–H and O–H groups in total. The predicted octanol–water partition coefficient (Wildman–Crippen LogP) is 0.952. The Hall–Kier alpha value is -1.90. The number of pyridine rings is 1. The molecule has 1 unspecified atom stereocenters. The molecule has 0 spiro atoms. The molecule has 114 valence electrons. The number of nitrogens with one attached hydrogen (secondary N) is 1. The number of hydrogen-bond acceptors (Lipinski definition) is 4. The molecule has 1 atom stereocenters. The number of aromatic nitrogens is 1. The molecule has 0 aliphatic heterocycles. The van der Waals surface area contributed by atoms with Crippen LogP contribution in [0.5, 0.6) is 0 Å². The maximum atomic E-state index is 11.7. The molecule has 5 heteroatoms. The van der Waals surface area contributed by atoms with Gasteiger partial charge in [-0.25, -0.2) is 4.98 Å². The zero-order valence-electron chi connectivity index (χ0n) is 12.7. The van der Waals surface area contributed by atoms with Crippen LogP contribution in [0.4, 0.5) is 0 Å². The van der Waals surface area contributed by atoms with Gasteiger partial charge < -0.3 is 15.5 Å². The molecule has 0 saturated heterocycles. The van der Waals surface area contributed by atoms with Gasteiger partial charge in [0.25, 0.3) is 5.91 Å². The molecular formula is C16H22N2O3. The molecule has 1 rings (SSSR count). The van der Waals surface area contributed by atoms with Crippen LogP contribution in [0.2, 0.25) is 0 Å². The van der Waals surface area contributed by atoms with Gasteiger partial charge >= 0.3 is 0 Å². The lowest BCUT2D eigenvalue weighted by atomic mass is 9.91. The minimum atomic E-state index is -0.963. The Morgan fingerprint density at radius 2 is 2.19 bits per heavy atom. The van der Waals surface area contributed by atoms with Crippen molar-refractivity contribution in [3.8, 4) is 11.8 Å². The fraction of sp³-hybridized carbons (Fsp3) is 0.500. The summed E-state index contributed by atoms with van der Waals surface area (Å²) in [4.78, 5) is 15.8. The third kappa shape index (κ3) is 5.94. The van der Waals surface area contributed by atoms with E-state index in [1.165, 1.54) is 0 Å². The second-order valence-electron chi connectivity index (χ2n) is 5.47. The van der Waals surface area contributed by atoms with Crippen LogP contribution in [-0.4, -0.2) is 40.4 Å². The summed E-state index contributed by atoms with van der Waals surface area (Å²) in [7, 11) is 0. The highest BCUT2D eigenvalue weighted by molar-refractivity contribution is 5.92. The highest BCUT2D eigenvalue weighted by atomic mass is 16.3. The van der Waals surface area contributed by atoms with Crippen LogP contribution in [-0.2, 0) is 0 Å². The average Bonchev–Trinajstić information content (AvgIpc) is 2.50. The van der Waals surface area contributed by atoms with E-state index in [1.807, 2.05) is 0 Å². The van der Waals surface area contributed by atoms with Gasteiger partial charge in [-0.05, 0) is 32.4 Å². The van der Waals surface area contributed by atoms with Crippen LogP contribution in [0.1, 0.15) is 43.2 Å². The van der Waals surface area contributed by atoms with Gasteiger partial charge in [-0.1, -0.05) is 18.8 Å². The third-order valence-electron chi connectivity index (χ3n) is 3.13. The average molecular weight is 290 g/mol. The van der Waals surface area contributed by atoms with Gasteiger partial charge in [-0.15, -0.1) is 0 Å². The fourth-order valence-electron chi connectivity index (χ4n) is 1.30. The Morgan fingerprint density at radius 1 is 1.48 bits per heavy atom. The molecule has 0 aliphatic carbocycles. The summed E-state index contributed by atoms with van der Waals surface area (Å²) in [5.74, 6) is 5.82. The number of amides is 1. The van der Waals surface area contributed by atoms with Gasteiger partial charge in [-0.2, -0.15) is 0 Å². The van der Waals surface area contributed by atoms with Crippen molar-refractivity contribution < 1.29 is 15.0 Å². The summed E-state index contributed by atoms with van der Waals surface area (Å²) in [6.45, 7) is 5.82. The topological polar surface area (TPSA) is 82.5 Å². The number of aliphatic hydroxyl groups excluding tert-OH is 2. The molecule has 1 aromatic heterocycles. The zero-order chi connectivity index (χ0) is 15.9. The van der Waals surface area contributed by atoms with Crippen LogP contribution in [0, 0.1) is 17.3 Å². The van der Waals surface area contributed by atoms with Crippen LogP contribution in [0.25, 0.3) is 0 Å². The summed E-state index contributed by atoms with van der Waals surface area (Å²) in [5, 5.41) is 20.3. The molecule has 1 amide bonds. The van der Waals surface area contributed by atoms with Crippen molar-refractivity contribution in [1.29, 1.82) is 0 Å². The summed E-state index contributed by atoms with van der Waals surface area (Å²) in [6, 6.07) is 3.33. The number of nitrogens with zero attached hydrogens (tertiary/aromatic N) is 1. The van der Waals surface area contributed by atoms with E-state index in [1.54, 1.807) is 18.3 Å². The molecule has 0 fully saturated rings. The van der Waals surface area contributed by atoms with Crippen LogP contribution >= 0.6 is 0 Å². The van der Waals surface area contributed by atoms with Gasteiger partial charge in [0.15, 0.2) is 0 Å². The van der Waals surface area contributed by atoms with E-state index in [4.69, 9.17) is 10.2 Å². The molecule has 1 aromatic rings. The highest BCUT2D eigenvalue weighted by Gasteiger charge is 2.11. The van der Waals surface area contributed by atoms with Gasteiger partial charge in [0, 0.05) is 23.7 Å². The Morgan fingerprint density at radius 3 is 2.71 bits per heavy atom. The quantitative estimate of drug-likeness (QED) is 0.705. The summed E-state index contributed by atoms with van der Waals surface area (Å²) >= 11 is 0. The maximum absolute atomic E-state index is 11.7. The summed E-state index contributed by atoms with van der Waals surface area (Å²) < 4.78 is 0. The van der Waals surface area contributed by atoms with Crippen LogP contribution in [0.3, 0.4) is 0 Å². The monoisotopic (exact) mass is 290 g/mol. The molecule has 0 radical (unpaired) electrons. The van der Waals surface area contributed by atoms with E-state index in [9.17, 15) is 4.79 Å². The lowest BCUT2D eigenvalue weighted by Gasteiger charge is -2.12. The van der Waals surface area contributed by atoms with Crippen molar-refractivity contribution >= 4 is 5.91 Å². The Labute approximate surface area is 125 Å². The van der Waals surface area contributed by atoms with E-state index >= 15 is 0 Å². The van der Waals surface area contributed by atoms with Gasteiger partial charge in [0.2, 0.25) is 0 Å². The van der Waals surface area contributed by atoms with Crippen LogP contribution in [0.15, 0.2) is 18.3 Å². The third-order valence-corrected chi connectivity index (χ3v) is 3.13. The van der Waals surface area contributed by atoms with Crippen molar-refractivity contribution in [2.75, 3.05) is 13.2 Å². The molecule has 0 aliphatic rings. The molecule has 0 aromatic carbocycles. The lowest BCUT2D eigenvalue weighted by Crippen LogP contribution is -2.34. The van der Waals surface area contributed by atoms with Crippen molar-refractivity contribution in [3.05, 3.63) is 29.6 Å². The largest absolute Gasteiger partial charge is 0.394 e. The molecular weight excluding hydrogens is 268 g/mol. The zero-order valence-corrected chi connectivity index (χ0v) is 12.7. The standard InChI is InChI=1S/C16H22N2O3/c1-4-16(2,3)8-7-12-5-6-14(17-9-12)15(21)18-10-13(20)11-19/h5-6,9,13,19-20H,4,10-11H2,1-3H3,(H,18,21). The summed E-state index contributed by atoms with van der Waals surface area (Å²) in [5.41, 5.74) is 0.958. The first kappa shape index (κ1) is 17.2. The van der Waals surface area contributed by atoms with E-state index in [2.05, 4.69) is 42.9 Å². The number of rotatable bonds is 5. The van der Waals surface area contributed by atoms with Gasteiger partial charge in [0.05, 0.1) is 12.7 Å². The van der Waals surface area contributed by atoms with E-state index < -0.39 is 18.6 Å². The molecule has 5 nitrogen and oxygen atoms in total. The SMILES string of the molecule is CCC(C)(C)C#Cc1ccc(C(=O)NCC(O)CO)nc1. The van der Waals surface area contributed by atoms with Crippen LogP contribution < -0.4 is 5.32 Å². The molecule has 21 heavy (non-hydrogen) atoms. The van der Waals surface area contributed by atoms with Crippen molar-refractivity contribution in [2.45, 2.75) is 33.3 Å². The smallest absolute Gasteiger partial charge is 0.269 e. The Bertz CT molecular complexity index is 527. The Balaban J connectivity index is 2.68. The van der Waals surface area contributed by atoms with Crippen molar-refractivity contribution in [3.63, 3.8) is 0 Å². The van der Waals surface area contributed by atoms with E-state index in [0.29, 0.717) is 0 Å². The highest BCUT2D eigenvalue weighted by Crippen LogP contribution is 2.17. The molecule has 1 heterocycles. The second kappa shape index (κ2) is 7.77. The predicted molar refractivity (Wildman–Crippen MR) is 80.6 cm³/mol. The molecule has 0 saturated carbocycles. The van der Waals surface area contributed by atoms with E-state index in [-0.39, 0.29) is 17.7 Å². The lowest BCUT2D eigenvalue weighted by molar-refractivity contribution is 0.0799. The Kier molecular flexibility index (Phi) is 6.35. The maximum Gasteiger partial charge on any atom is 0.269 e.